The van der Waals surface area contributed by atoms with Gasteiger partial charge in [-0.15, -0.1) is 12.8 Å². The van der Waals surface area contributed by atoms with Gasteiger partial charge in [-0.25, -0.2) is 0 Å². The second-order valence-corrected chi connectivity index (χ2v) is 11.5. The van der Waals surface area contributed by atoms with E-state index in [0.717, 1.165) is 48.0 Å². The lowest BCUT2D eigenvalue weighted by Gasteiger charge is -2.26. The van der Waals surface area contributed by atoms with Crippen LogP contribution in [0.25, 0.3) is 16.7 Å². The van der Waals surface area contributed by atoms with Gasteiger partial charge >= 0.3 is 0 Å². The summed E-state index contributed by atoms with van der Waals surface area (Å²) in [6.07, 6.45) is 22.4. The molecule has 0 radical (unpaired) electrons. The van der Waals surface area contributed by atoms with Crippen molar-refractivity contribution in [3.63, 3.8) is 0 Å². The number of hydrogen-bond donors (Lipinski definition) is 2. The first-order valence-electron chi connectivity index (χ1n) is 15.4. The topological polar surface area (TPSA) is 54.2 Å². The van der Waals surface area contributed by atoms with Gasteiger partial charge < -0.3 is 11.1 Å². The van der Waals surface area contributed by atoms with Gasteiger partial charge in [-0.2, -0.15) is 0 Å². The molecule has 222 valence electrons. The zero-order valence-electron chi connectivity index (χ0n) is 26.0. The lowest BCUT2D eigenvalue weighted by atomic mass is 9.96. The van der Waals surface area contributed by atoms with Gasteiger partial charge in [-0.05, 0) is 122 Å². The summed E-state index contributed by atoms with van der Waals surface area (Å²) in [5.74, 6) is 0. The van der Waals surface area contributed by atoms with Crippen LogP contribution in [0.3, 0.4) is 0 Å². The molecule has 1 aromatic heterocycles. The zero-order valence-corrected chi connectivity index (χ0v) is 26.0. The minimum absolute atomic E-state index is 0.547. The number of pyridine rings is 1. The van der Waals surface area contributed by atoms with E-state index >= 15 is 0 Å². The summed E-state index contributed by atoms with van der Waals surface area (Å²) < 4.78 is 0. The number of nitrogens with two attached hydrogens (primary N) is 1. The second kappa shape index (κ2) is 15.2. The van der Waals surface area contributed by atoms with Crippen LogP contribution in [0.15, 0.2) is 91.2 Å². The van der Waals surface area contributed by atoms with Crippen molar-refractivity contribution in [1.82, 2.24) is 9.88 Å². The van der Waals surface area contributed by atoms with E-state index < -0.39 is 0 Å². The second-order valence-electron chi connectivity index (χ2n) is 11.5. The number of hydrogen-bond acceptors (Lipinski definition) is 4. The van der Waals surface area contributed by atoms with Crippen molar-refractivity contribution in [3.8, 4) is 24.0 Å². The fourth-order valence-corrected chi connectivity index (χ4v) is 6.12. The molecule has 0 amide bonds. The highest BCUT2D eigenvalue weighted by molar-refractivity contribution is 5.76. The minimum Gasteiger partial charge on any atom is -0.397 e. The standard InChI is InChI=1S/C37H44N4.C2H2/c1-5-28(25-41-20-8-7-9-21-41)23-29(6-2)36-19-18-34(38)37(40-36)22-26(3)39-35-15-11-14-33(27(35)4)32-17-16-30-12-10-13-31(30)24-32;1-2/h5-6,11,14-19,23-24,39H,1,3,7-10,12-13,20-22,25,38H2,2,4H3;1-2H/b28-23+,29-6+;. The first kappa shape index (κ1) is 31.6. The highest BCUT2D eigenvalue weighted by atomic mass is 15.1. The van der Waals surface area contributed by atoms with E-state index in [4.69, 9.17) is 10.7 Å². The number of nitrogens with zero attached hydrogens (tertiary/aromatic N) is 2. The highest BCUT2D eigenvalue weighted by Gasteiger charge is 2.15. The third-order valence-corrected chi connectivity index (χ3v) is 8.51. The van der Waals surface area contributed by atoms with E-state index in [1.54, 1.807) is 0 Å². The number of anilines is 2. The molecule has 5 rings (SSSR count). The quantitative estimate of drug-likeness (QED) is 0.189. The molecule has 0 saturated carbocycles. The number of nitrogen functional groups attached to an aromatic ring is 1. The summed E-state index contributed by atoms with van der Waals surface area (Å²) >= 11 is 0. The van der Waals surface area contributed by atoms with Gasteiger partial charge in [0, 0.05) is 24.4 Å². The molecule has 1 aliphatic heterocycles. The number of aryl methyl sites for hydroxylation is 2. The summed E-state index contributed by atoms with van der Waals surface area (Å²) in [5.41, 5.74) is 19.8. The maximum absolute atomic E-state index is 6.41. The third-order valence-electron chi connectivity index (χ3n) is 8.51. The largest absolute Gasteiger partial charge is 0.397 e. The molecule has 2 heterocycles. The number of benzene rings is 2. The number of likely N-dealkylation sites (tertiary alicyclic amines) is 1. The molecular weight excluding hydrogens is 524 g/mol. The number of nitrogens with one attached hydrogen (secondary N) is 1. The molecule has 3 aromatic rings. The van der Waals surface area contributed by atoms with Crippen molar-refractivity contribution in [2.24, 2.45) is 0 Å². The van der Waals surface area contributed by atoms with E-state index in [-0.39, 0.29) is 0 Å². The van der Waals surface area contributed by atoms with Gasteiger partial charge in [0.25, 0.3) is 0 Å². The number of allylic oxidation sites excluding steroid dienone is 4. The fourth-order valence-electron chi connectivity index (χ4n) is 6.12. The molecule has 2 aliphatic rings. The van der Waals surface area contributed by atoms with E-state index in [1.807, 2.05) is 18.2 Å². The van der Waals surface area contributed by atoms with Gasteiger partial charge in [0.1, 0.15) is 0 Å². The van der Waals surface area contributed by atoms with Gasteiger partial charge in [-0.1, -0.05) is 62.1 Å². The number of rotatable bonds is 10. The Labute approximate surface area is 259 Å². The molecule has 1 aliphatic carbocycles. The van der Waals surface area contributed by atoms with Crippen molar-refractivity contribution >= 4 is 16.9 Å². The Morgan fingerprint density at radius 2 is 1.79 bits per heavy atom. The Kier molecular flexibility index (Phi) is 11.2. The van der Waals surface area contributed by atoms with Gasteiger partial charge in [0.15, 0.2) is 0 Å². The molecule has 43 heavy (non-hydrogen) atoms. The molecule has 3 N–H and O–H groups in total. The number of piperidine rings is 1. The average molecular weight is 571 g/mol. The number of aromatic nitrogens is 1. The smallest absolute Gasteiger partial charge is 0.0703 e. The zero-order chi connectivity index (χ0) is 30.8. The van der Waals surface area contributed by atoms with Crippen LogP contribution in [0.2, 0.25) is 0 Å². The van der Waals surface area contributed by atoms with Crippen LogP contribution in [0, 0.1) is 19.8 Å². The molecule has 0 atom stereocenters. The Morgan fingerprint density at radius 1 is 1.02 bits per heavy atom. The van der Waals surface area contributed by atoms with E-state index in [2.05, 4.69) is 98.6 Å². The van der Waals surface area contributed by atoms with Crippen molar-refractivity contribution < 1.29 is 0 Å². The maximum Gasteiger partial charge on any atom is 0.0703 e. The predicted molar refractivity (Wildman–Crippen MR) is 186 cm³/mol. The van der Waals surface area contributed by atoms with Crippen LogP contribution < -0.4 is 11.1 Å². The molecule has 0 unspecified atom stereocenters. The molecular formula is C39H46N4. The maximum atomic E-state index is 6.41. The summed E-state index contributed by atoms with van der Waals surface area (Å²) in [4.78, 5) is 7.51. The molecule has 4 heteroatoms. The van der Waals surface area contributed by atoms with Gasteiger partial charge in [0.2, 0.25) is 0 Å². The summed E-state index contributed by atoms with van der Waals surface area (Å²) in [6, 6.07) is 17.3. The molecule has 4 nitrogen and oxygen atoms in total. The monoisotopic (exact) mass is 570 g/mol. The van der Waals surface area contributed by atoms with E-state index in [9.17, 15) is 0 Å². The molecule has 0 bridgehead atoms. The Hall–Kier alpha value is -4.33. The fraction of sp³-hybridized carbons (Fsp3) is 0.308. The lowest BCUT2D eigenvalue weighted by molar-refractivity contribution is 0.248. The molecule has 0 spiro atoms. The van der Waals surface area contributed by atoms with Crippen LogP contribution >= 0.6 is 0 Å². The van der Waals surface area contributed by atoms with Gasteiger partial charge in [0.05, 0.1) is 17.1 Å². The summed E-state index contributed by atoms with van der Waals surface area (Å²) in [7, 11) is 0. The van der Waals surface area contributed by atoms with E-state index in [1.165, 1.54) is 71.9 Å². The molecule has 1 fully saturated rings. The van der Waals surface area contributed by atoms with Crippen LogP contribution in [0.4, 0.5) is 11.4 Å². The molecule has 2 aromatic carbocycles. The van der Waals surface area contributed by atoms with Crippen molar-refractivity contribution in [2.75, 3.05) is 30.7 Å². The number of fused-ring (bicyclic) bond motifs is 1. The summed E-state index contributed by atoms with van der Waals surface area (Å²) in [5, 5.41) is 3.56. The van der Waals surface area contributed by atoms with E-state index in [0.29, 0.717) is 12.1 Å². The van der Waals surface area contributed by atoms with Gasteiger partial charge in [-0.3, -0.25) is 9.88 Å². The lowest BCUT2D eigenvalue weighted by Crippen LogP contribution is -2.31. The third kappa shape index (κ3) is 7.95. The number of terminal acetylenes is 1. The van der Waals surface area contributed by atoms with Crippen molar-refractivity contribution in [1.29, 1.82) is 0 Å². The van der Waals surface area contributed by atoms with Crippen LogP contribution in [-0.4, -0.2) is 29.5 Å². The normalized spacial score (nSPS) is 15.3. The van der Waals surface area contributed by atoms with Crippen molar-refractivity contribution in [3.05, 3.63) is 119 Å². The van der Waals surface area contributed by atoms with Crippen molar-refractivity contribution in [2.45, 2.75) is 58.8 Å². The Bertz CT molecular complexity index is 1530. The Balaban J connectivity index is 0.00000207. The summed E-state index contributed by atoms with van der Waals surface area (Å²) in [6.45, 7) is 15.9. The highest BCUT2D eigenvalue weighted by Crippen LogP contribution is 2.33. The minimum atomic E-state index is 0.547. The first-order valence-corrected chi connectivity index (χ1v) is 15.4. The van der Waals surface area contributed by atoms with Crippen LogP contribution in [0.1, 0.15) is 60.7 Å². The molecule has 1 saturated heterocycles. The van der Waals surface area contributed by atoms with Crippen LogP contribution in [-0.2, 0) is 19.3 Å². The SMILES string of the molecule is C#C.C=C/C(=C\C(=C/C)c1ccc(N)c(CC(=C)Nc2cccc(-c3ccc4c(c3)CCC4)c2C)n1)CN1CCCCC1. The average Bonchev–Trinajstić information content (AvgIpc) is 3.51. The predicted octanol–water partition coefficient (Wildman–Crippen LogP) is 8.55. The van der Waals surface area contributed by atoms with Crippen LogP contribution in [0.5, 0.6) is 0 Å². The Morgan fingerprint density at radius 3 is 2.53 bits per heavy atom. The first-order chi connectivity index (χ1) is 20.9.